The van der Waals surface area contributed by atoms with E-state index in [4.69, 9.17) is 0 Å². The fraction of sp³-hybridized carbons (Fsp3) is 0.355. The number of rotatable bonds is 6. The zero-order valence-corrected chi connectivity index (χ0v) is 25.2. The number of hydrogen-bond donors (Lipinski definition) is 0. The zero-order valence-electron chi connectivity index (χ0n) is 23.6. The largest absolute Gasteiger partial charge is 0.336 e. The fourth-order valence-corrected chi connectivity index (χ4v) is 6.21. The fourth-order valence-electron chi connectivity index (χ4n) is 5.60. The van der Waals surface area contributed by atoms with Crippen LogP contribution in [0.2, 0.25) is 0 Å². The molecule has 1 atom stereocenters. The predicted molar refractivity (Wildman–Crippen MR) is 160 cm³/mol. The lowest BCUT2D eigenvalue weighted by molar-refractivity contribution is 0.0377. The van der Waals surface area contributed by atoms with Gasteiger partial charge in [0, 0.05) is 48.1 Å². The van der Waals surface area contributed by atoms with Crippen LogP contribution in [0.25, 0.3) is 5.69 Å². The lowest BCUT2D eigenvalue weighted by Crippen LogP contribution is -2.54. The molecule has 1 saturated heterocycles. The van der Waals surface area contributed by atoms with E-state index in [1.165, 1.54) is 0 Å². The molecule has 40 heavy (non-hydrogen) atoms. The molecule has 4 aromatic rings. The maximum absolute atomic E-state index is 13.8. The van der Waals surface area contributed by atoms with Crippen molar-refractivity contribution in [2.24, 2.45) is 0 Å². The van der Waals surface area contributed by atoms with Gasteiger partial charge in [0.05, 0.1) is 23.3 Å². The van der Waals surface area contributed by atoms with Gasteiger partial charge in [-0.05, 0) is 63.9 Å². The third-order valence-electron chi connectivity index (χ3n) is 8.13. The number of carbonyl (C=O) groups excluding carboxylic acids is 1. The van der Waals surface area contributed by atoms with E-state index >= 15 is 0 Å². The summed E-state index contributed by atoms with van der Waals surface area (Å²) in [4.78, 5) is 30.9. The molecule has 0 aliphatic carbocycles. The molecule has 0 saturated carbocycles. The van der Waals surface area contributed by atoms with Crippen LogP contribution < -0.4 is 5.56 Å². The highest BCUT2D eigenvalue weighted by Crippen LogP contribution is 2.30. The lowest BCUT2D eigenvalue weighted by Gasteiger charge is -2.43. The maximum Gasteiger partial charge on any atom is 0.255 e. The molecule has 0 radical (unpaired) electrons. The number of amides is 1. The molecule has 3 heterocycles. The molecule has 0 N–H and O–H groups in total. The van der Waals surface area contributed by atoms with Crippen molar-refractivity contribution in [2.45, 2.75) is 46.2 Å². The van der Waals surface area contributed by atoms with Crippen LogP contribution in [0.15, 0.2) is 76.1 Å². The Morgan fingerprint density at radius 2 is 1.62 bits per heavy atom. The highest BCUT2D eigenvalue weighted by molar-refractivity contribution is 9.10. The van der Waals surface area contributed by atoms with Crippen molar-refractivity contribution >= 4 is 21.8 Å². The first-order valence-electron chi connectivity index (χ1n) is 13.6. The molecule has 1 amide bonds. The van der Waals surface area contributed by atoms with Gasteiger partial charge in [0.1, 0.15) is 5.69 Å². The summed E-state index contributed by atoms with van der Waals surface area (Å²) < 4.78 is 4.58. The van der Waals surface area contributed by atoms with E-state index in [0.29, 0.717) is 43.0 Å². The van der Waals surface area contributed by atoms with Gasteiger partial charge in [-0.25, -0.2) is 4.68 Å². The van der Waals surface area contributed by atoms with Gasteiger partial charge in [0.2, 0.25) is 0 Å². The molecule has 208 valence electrons. The zero-order chi connectivity index (χ0) is 28.6. The number of carbonyl (C=O) groups is 1. The van der Waals surface area contributed by atoms with Crippen LogP contribution in [0.4, 0.5) is 0 Å². The van der Waals surface area contributed by atoms with E-state index in [1.807, 2.05) is 78.2 Å². The molecule has 0 bridgehead atoms. The van der Waals surface area contributed by atoms with Crippen LogP contribution >= 0.6 is 15.9 Å². The number of aryl methyl sites for hydroxylation is 1. The van der Waals surface area contributed by atoms with Crippen molar-refractivity contribution < 1.29 is 4.79 Å². The Morgan fingerprint density at radius 3 is 2.30 bits per heavy atom. The molecule has 1 aliphatic heterocycles. The summed E-state index contributed by atoms with van der Waals surface area (Å²) in [5, 5.41) is 9.02. The summed E-state index contributed by atoms with van der Waals surface area (Å²) in [5.74, 6) is -0.0367. The van der Waals surface area contributed by atoms with Crippen molar-refractivity contribution in [3.05, 3.63) is 110 Å². The van der Waals surface area contributed by atoms with E-state index in [2.05, 4.69) is 58.0 Å². The van der Waals surface area contributed by atoms with Crippen molar-refractivity contribution in [3.63, 3.8) is 0 Å². The number of pyridine rings is 1. The average molecular weight is 604 g/mol. The minimum Gasteiger partial charge on any atom is -0.336 e. The number of benzene rings is 2. The van der Waals surface area contributed by atoms with Gasteiger partial charge in [-0.3, -0.25) is 19.1 Å². The van der Waals surface area contributed by atoms with Crippen molar-refractivity contribution in [1.82, 2.24) is 29.4 Å². The minimum atomic E-state index is -0.354. The van der Waals surface area contributed by atoms with Gasteiger partial charge in [-0.15, -0.1) is 5.10 Å². The number of nitrogens with zero attached hydrogens (tertiary/aromatic N) is 6. The second-order valence-electron chi connectivity index (χ2n) is 10.9. The average Bonchev–Trinajstić information content (AvgIpc) is 3.45. The van der Waals surface area contributed by atoms with Gasteiger partial charge in [0.15, 0.2) is 0 Å². The SMILES string of the molecule is Cc1cc(=O)n(-c2ccccc2)c(C)c1C(=O)N1CCN(C(C)(C)c2cn([C@@H](C)c3ccccc3Br)nn2)CC1. The Labute approximate surface area is 243 Å². The van der Waals surface area contributed by atoms with Crippen molar-refractivity contribution in [2.75, 3.05) is 26.2 Å². The van der Waals surface area contributed by atoms with E-state index in [0.717, 1.165) is 21.4 Å². The van der Waals surface area contributed by atoms with Gasteiger partial charge >= 0.3 is 0 Å². The number of piperazine rings is 1. The summed E-state index contributed by atoms with van der Waals surface area (Å²) in [6, 6.07) is 19.2. The molecule has 8 nitrogen and oxygen atoms in total. The van der Waals surface area contributed by atoms with Crippen LogP contribution in [0.5, 0.6) is 0 Å². The number of halogens is 1. The Morgan fingerprint density at radius 1 is 0.975 bits per heavy atom. The van der Waals surface area contributed by atoms with Crippen LogP contribution in [0.3, 0.4) is 0 Å². The highest BCUT2D eigenvalue weighted by atomic mass is 79.9. The van der Waals surface area contributed by atoms with E-state index < -0.39 is 0 Å². The quantitative estimate of drug-likeness (QED) is 0.306. The molecular formula is C31H35BrN6O2. The molecule has 1 fully saturated rings. The standard InChI is InChI=1S/C31H35BrN6O2/c1-21-19-28(39)38(24-11-7-6-8-12-24)23(3)29(21)30(40)35-15-17-36(18-16-35)31(4,5)27-20-37(34-33-27)22(2)25-13-9-10-14-26(25)32/h6-14,19-20,22H,15-18H2,1-5H3/t22-/m0/s1. The monoisotopic (exact) mass is 602 g/mol. The van der Waals surface area contributed by atoms with Crippen molar-refractivity contribution in [1.29, 1.82) is 0 Å². The Balaban J connectivity index is 1.32. The lowest BCUT2D eigenvalue weighted by atomic mass is 9.97. The normalized spacial score (nSPS) is 15.3. The second-order valence-corrected chi connectivity index (χ2v) is 11.8. The number of aromatic nitrogens is 4. The Hall–Kier alpha value is -3.56. The minimum absolute atomic E-state index is 0.0349. The van der Waals surface area contributed by atoms with Gasteiger partial charge in [0.25, 0.3) is 11.5 Å². The summed E-state index contributed by atoms with van der Waals surface area (Å²) in [5.41, 5.74) is 4.28. The predicted octanol–water partition coefficient (Wildman–Crippen LogP) is 5.11. The topological polar surface area (TPSA) is 76.3 Å². The Kier molecular flexibility index (Phi) is 7.79. The first-order valence-corrected chi connectivity index (χ1v) is 14.4. The van der Waals surface area contributed by atoms with Crippen molar-refractivity contribution in [3.8, 4) is 5.69 Å². The first kappa shape index (κ1) is 28.0. The maximum atomic E-state index is 13.8. The summed E-state index contributed by atoms with van der Waals surface area (Å²) in [7, 11) is 0. The Bertz CT molecular complexity index is 1590. The van der Waals surface area contributed by atoms with E-state index in [9.17, 15) is 9.59 Å². The van der Waals surface area contributed by atoms with Gasteiger partial charge in [-0.1, -0.05) is 57.5 Å². The molecule has 9 heteroatoms. The van der Waals surface area contributed by atoms with Crippen LogP contribution in [-0.4, -0.2) is 61.4 Å². The molecule has 0 unspecified atom stereocenters. The number of hydrogen-bond acceptors (Lipinski definition) is 5. The summed E-state index contributed by atoms with van der Waals surface area (Å²) >= 11 is 3.65. The first-order chi connectivity index (χ1) is 19.1. The van der Waals surface area contributed by atoms with Gasteiger partial charge < -0.3 is 4.90 Å². The van der Waals surface area contributed by atoms with Crippen LogP contribution in [0, 0.1) is 13.8 Å². The molecule has 1 aliphatic rings. The number of para-hydroxylation sites is 1. The molecule has 5 rings (SSSR count). The third kappa shape index (κ3) is 5.15. The van der Waals surface area contributed by atoms with E-state index in [1.54, 1.807) is 10.6 Å². The summed E-state index contributed by atoms with van der Waals surface area (Å²) in [6.07, 6.45) is 2.03. The van der Waals surface area contributed by atoms with Gasteiger partial charge in [-0.2, -0.15) is 0 Å². The van der Waals surface area contributed by atoms with E-state index in [-0.39, 0.29) is 23.0 Å². The second kappa shape index (κ2) is 11.1. The van der Waals surface area contributed by atoms with Crippen LogP contribution in [-0.2, 0) is 5.54 Å². The molecule has 2 aromatic carbocycles. The summed E-state index contributed by atoms with van der Waals surface area (Å²) in [6.45, 7) is 12.7. The molecular weight excluding hydrogens is 568 g/mol. The molecule has 2 aromatic heterocycles. The smallest absolute Gasteiger partial charge is 0.255 e. The molecule has 0 spiro atoms. The van der Waals surface area contributed by atoms with Crippen LogP contribution in [0.1, 0.15) is 59.7 Å². The third-order valence-corrected chi connectivity index (χ3v) is 8.85. The highest BCUT2D eigenvalue weighted by Gasteiger charge is 2.36.